The lowest BCUT2D eigenvalue weighted by molar-refractivity contribution is -0.142. The van der Waals surface area contributed by atoms with Crippen LogP contribution in [-0.2, 0) is 14.3 Å². The minimum atomic E-state index is -0.724. The molecule has 1 amide bonds. The van der Waals surface area contributed by atoms with Gasteiger partial charge in [-0.15, -0.1) is 0 Å². The fourth-order valence-corrected chi connectivity index (χ4v) is 2.40. The van der Waals surface area contributed by atoms with Crippen molar-refractivity contribution in [2.45, 2.75) is 0 Å². The molecule has 0 aliphatic rings. The monoisotopic (exact) mass is 401 g/mol. The number of ether oxygens (including phenoxy) is 1. The molecule has 0 fully saturated rings. The molecule has 0 unspecified atom stereocenters. The second-order valence-electron chi connectivity index (χ2n) is 4.78. The predicted molar refractivity (Wildman–Crippen MR) is 96.5 cm³/mol. The van der Waals surface area contributed by atoms with Gasteiger partial charge in [0.1, 0.15) is 5.82 Å². The molecule has 25 heavy (non-hydrogen) atoms. The highest BCUT2D eigenvalue weighted by Gasteiger charge is 2.08. The lowest BCUT2D eigenvalue weighted by Gasteiger charge is -2.06. The largest absolute Gasteiger partial charge is 0.452 e. The molecule has 2 aromatic carbocycles. The number of carbonyl (C=O) groups is 2. The van der Waals surface area contributed by atoms with E-state index in [1.165, 1.54) is 24.3 Å². The van der Waals surface area contributed by atoms with Gasteiger partial charge in [-0.25, -0.2) is 9.18 Å². The fraction of sp³-hybridized carbons (Fsp3) is 0.0588. The summed E-state index contributed by atoms with van der Waals surface area (Å²) in [6.45, 7) is -0.507. The Morgan fingerprint density at radius 2 is 1.84 bits per heavy atom. The van der Waals surface area contributed by atoms with E-state index in [2.05, 4.69) is 5.32 Å². The molecule has 8 heteroatoms. The first-order valence-electron chi connectivity index (χ1n) is 6.90. The van der Waals surface area contributed by atoms with Crippen molar-refractivity contribution in [3.8, 4) is 0 Å². The van der Waals surface area contributed by atoms with Crippen LogP contribution in [0.4, 0.5) is 10.1 Å². The molecule has 0 spiro atoms. The third kappa shape index (κ3) is 6.05. The molecule has 1 N–H and O–H groups in total. The molecule has 4 nitrogen and oxygen atoms in total. The predicted octanol–water partition coefficient (Wildman–Crippen LogP) is 4.98. The summed E-state index contributed by atoms with van der Waals surface area (Å²) < 4.78 is 17.8. The number of benzene rings is 2. The lowest BCUT2D eigenvalue weighted by atomic mass is 10.2. The molecule has 0 aromatic heterocycles. The number of nitrogens with one attached hydrogen (secondary N) is 1. The van der Waals surface area contributed by atoms with E-state index in [9.17, 15) is 14.0 Å². The van der Waals surface area contributed by atoms with Gasteiger partial charge < -0.3 is 10.1 Å². The Balaban J connectivity index is 1.85. The second-order valence-corrected chi connectivity index (χ2v) is 6.03. The van der Waals surface area contributed by atoms with Gasteiger partial charge in [0.2, 0.25) is 0 Å². The zero-order valence-corrected chi connectivity index (χ0v) is 14.8. The van der Waals surface area contributed by atoms with Gasteiger partial charge in [0.25, 0.3) is 5.91 Å². The molecular formula is C17H11Cl3FNO3. The van der Waals surface area contributed by atoms with E-state index in [0.29, 0.717) is 15.6 Å². The van der Waals surface area contributed by atoms with Crippen LogP contribution < -0.4 is 5.32 Å². The quantitative estimate of drug-likeness (QED) is 0.567. The Labute approximate surface area is 158 Å². The summed E-state index contributed by atoms with van der Waals surface area (Å²) in [4.78, 5) is 23.3. The minimum absolute atomic E-state index is 0.127. The summed E-state index contributed by atoms with van der Waals surface area (Å²) in [7, 11) is 0. The maximum atomic E-state index is 13.0. The summed E-state index contributed by atoms with van der Waals surface area (Å²) in [5.74, 6) is -1.91. The van der Waals surface area contributed by atoms with E-state index in [-0.39, 0.29) is 10.7 Å². The van der Waals surface area contributed by atoms with Crippen LogP contribution >= 0.6 is 34.8 Å². The molecule has 2 aromatic rings. The van der Waals surface area contributed by atoms with Crippen LogP contribution in [0.1, 0.15) is 5.56 Å². The number of halogens is 4. The van der Waals surface area contributed by atoms with Crippen molar-refractivity contribution in [1.82, 2.24) is 0 Å². The Morgan fingerprint density at radius 3 is 2.52 bits per heavy atom. The van der Waals surface area contributed by atoms with Crippen LogP contribution in [0.3, 0.4) is 0 Å². The number of carbonyl (C=O) groups excluding carboxylic acids is 2. The van der Waals surface area contributed by atoms with E-state index in [1.54, 1.807) is 12.1 Å². The van der Waals surface area contributed by atoms with Crippen molar-refractivity contribution in [3.63, 3.8) is 0 Å². The van der Waals surface area contributed by atoms with Crippen LogP contribution in [0.2, 0.25) is 15.1 Å². The summed E-state index contributed by atoms with van der Waals surface area (Å²) in [5, 5.41) is 3.15. The number of anilines is 1. The van der Waals surface area contributed by atoms with Gasteiger partial charge >= 0.3 is 5.97 Å². The first-order chi connectivity index (χ1) is 11.8. The zero-order chi connectivity index (χ0) is 18.4. The highest BCUT2D eigenvalue weighted by molar-refractivity contribution is 6.35. The first-order valence-corrected chi connectivity index (χ1v) is 8.03. The fourth-order valence-electron chi connectivity index (χ4n) is 1.75. The normalized spacial score (nSPS) is 10.7. The molecule has 0 aliphatic heterocycles. The number of amides is 1. The third-order valence-corrected chi connectivity index (χ3v) is 3.76. The van der Waals surface area contributed by atoms with E-state index in [0.717, 1.165) is 12.1 Å². The van der Waals surface area contributed by atoms with Gasteiger partial charge in [-0.1, -0.05) is 40.9 Å². The van der Waals surface area contributed by atoms with Gasteiger partial charge in [0.15, 0.2) is 6.61 Å². The average Bonchev–Trinajstić information content (AvgIpc) is 2.55. The van der Waals surface area contributed by atoms with Crippen molar-refractivity contribution in [3.05, 3.63) is 68.9 Å². The number of hydrogen-bond donors (Lipinski definition) is 1. The Kier molecular flexibility index (Phi) is 6.82. The minimum Gasteiger partial charge on any atom is -0.452 e. The molecule has 0 bridgehead atoms. The number of rotatable bonds is 5. The summed E-state index contributed by atoms with van der Waals surface area (Å²) >= 11 is 17.3. The van der Waals surface area contributed by atoms with Crippen LogP contribution in [0, 0.1) is 5.82 Å². The molecule has 0 saturated carbocycles. The lowest BCUT2D eigenvalue weighted by Crippen LogP contribution is -2.20. The molecule has 2 rings (SSSR count). The Hall–Kier alpha value is -2.08. The van der Waals surface area contributed by atoms with Gasteiger partial charge in [-0.2, -0.15) is 0 Å². The molecular weight excluding hydrogens is 392 g/mol. The Morgan fingerprint density at radius 1 is 1.08 bits per heavy atom. The van der Waals surface area contributed by atoms with E-state index >= 15 is 0 Å². The van der Waals surface area contributed by atoms with Crippen molar-refractivity contribution >= 4 is 58.4 Å². The van der Waals surface area contributed by atoms with Gasteiger partial charge in [0, 0.05) is 21.8 Å². The van der Waals surface area contributed by atoms with Crippen molar-refractivity contribution in [1.29, 1.82) is 0 Å². The Bertz CT molecular complexity index is 840. The summed E-state index contributed by atoms with van der Waals surface area (Å²) in [5.41, 5.74) is 0.865. The van der Waals surface area contributed by atoms with Gasteiger partial charge in [-0.05, 0) is 42.0 Å². The maximum absolute atomic E-state index is 13.0. The zero-order valence-electron chi connectivity index (χ0n) is 12.6. The van der Waals surface area contributed by atoms with Crippen molar-refractivity contribution in [2.24, 2.45) is 0 Å². The van der Waals surface area contributed by atoms with E-state index in [1.807, 2.05) is 0 Å². The van der Waals surface area contributed by atoms with Crippen molar-refractivity contribution < 1.29 is 18.7 Å². The first kappa shape index (κ1) is 19.2. The van der Waals surface area contributed by atoms with Crippen molar-refractivity contribution in [2.75, 3.05) is 11.9 Å². The average molecular weight is 403 g/mol. The third-order valence-electron chi connectivity index (χ3n) is 2.91. The molecule has 0 heterocycles. The van der Waals surface area contributed by atoms with E-state index < -0.39 is 24.3 Å². The van der Waals surface area contributed by atoms with Gasteiger partial charge in [-0.3, -0.25) is 4.79 Å². The van der Waals surface area contributed by atoms with Crippen LogP contribution in [0.15, 0.2) is 42.5 Å². The highest BCUT2D eigenvalue weighted by Crippen LogP contribution is 2.22. The molecule has 0 saturated heterocycles. The van der Waals surface area contributed by atoms with Crippen LogP contribution in [-0.4, -0.2) is 18.5 Å². The molecule has 0 aliphatic carbocycles. The standard InChI is InChI=1S/C17H11Cl3FNO3/c18-11-3-1-10(13(19)7-11)2-6-17(24)25-9-16(23)22-12-4-5-15(21)14(20)8-12/h1-8H,9H2,(H,22,23)/b6-2+. The van der Waals surface area contributed by atoms with Crippen LogP contribution in [0.25, 0.3) is 6.08 Å². The maximum Gasteiger partial charge on any atom is 0.331 e. The molecule has 130 valence electrons. The smallest absolute Gasteiger partial charge is 0.331 e. The SMILES string of the molecule is O=C(COC(=O)/C=C/c1ccc(Cl)cc1Cl)Nc1ccc(F)c(Cl)c1. The van der Waals surface area contributed by atoms with E-state index in [4.69, 9.17) is 39.5 Å². The number of hydrogen-bond acceptors (Lipinski definition) is 3. The second kappa shape index (κ2) is 8.85. The van der Waals surface area contributed by atoms with Gasteiger partial charge in [0.05, 0.1) is 5.02 Å². The van der Waals surface area contributed by atoms with Crippen LogP contribution in [0.5, 0.6) is 0 Å². The molecule has 0 radical (unpaired) electrons. The highest BCUT2D eigenvalue weighted by atomic mass is 35.5. The summed E-state index contributed by atoms with van der Waals surface area (Å²) in [6, 6.07) is 8.50. The molecule has 0 atom stereocenters. The summed E-state index contributed by atoms with van der Waals surface area (Å²) in [6.07, 6.45) is 2.58. The topological polar surface area (TPSA) is 55.4 Å². The number of esters is 1.